The molecule has 1 amide bonds. The van der Waals surface area contributed by atoms with E-state index in [-0.39, 0.29) is 18.5 Å². The third kappa shape index (κ3) is 3.63. The van der Waals surface area contributed by atoms with Gasteiger partial charge < -0.3 is 5.32 Å². The Morgan fingerprint density at radius 2 is 1.88 bits per heavy atom. The van der Waals surface area contributed by atoms with Gasteiger partial charge in [-0.2, -0.15) is 5.10 Å². The van der Waals surface area contributed by atoms with E-state index in [2.05, 4.69) is 27.5 Å². The quantitative estimate of drug-likeness (QED) is 0.720. The number of amides is 1. The Balaban J connectivity index is 1.51. The summed E-state index contributed by atoms with van der Waals surface area (Å²) < 4.78 is 1.59. The van der Waals surface area contributed by atoms with Crippen LogP contribution in [0.25, 0.3) is 11.4 Å². The van der Waals surface area contributed by atoms with E-state index in [0.717, 1.165) is 24.0 Å². The summed E-state index contributed by atoms with van der Waals surface area (Å²) in [6.45, 7) is 0.108. The van der Waals surface area contributed by atoms with E-state index >= 15 is 0 Å². The van der Waals surface area contributed by atoms with E-state index < -0.39 is 0 Å². The van der Waals surface area contributed by atoms with Crippen LogP contribution in [0.5, 0.6) is 0 Å². The van der Waals surface area contributed by atoms with Crippen molar-refractivity contribution in [2.75, 3.05) is 0 Å². The van der Waals surface area contributed by atoms with Crippen LogP contribution >= 0.6 is 11.6 Å². The average molecular weight is 367 g/mol. The van der Waals surface area contributed by atoms with Crippen LogP contribution in [0.1, 0.15) is 24.4 Å². The number of nitrogens with one attached hydrogen (secondary N) is 1. The molecule has 2 aromatic carbocycles. The summed E-state index contributed by atoms with van der Waals surface area (Å²) in [6, 6.07) is 17.6. The number of carbonyl (C=O) groups is 1. The zero-order chi connectivity index (χ0) is 17.9. The fourth-order valence-electron chi connectivity index (χ4n) is 3.15. The lowest BCUT2D eigenvalue weighted by Crippen LogP contribution is -2.33. The molecule has 0 aliphatic heterocycles. The van der Waals surface area contributed by atoms with E-state index in [0.29, 0.717) is 16.8 Å². The lowest BCUT2D eigenvalue weighted by atomic mass is 10.0. The Morgan fingerprint density at radius 1 is 1.15 bits per heavy atom. The number of halogens is 1. The lowest BCUT2D eigenvalue weighted by molar-refractivity contribution is -0.122. The van der Waals surface area contributed by atoms with Crippen LogP contribution in [0.4, 0.5) is 0 Å². The number of aromatic nitrogens is 3. The molecular weight excluding hydrogens is 348 g/mol. The van der Waals surface area contributed by atoms with E-state index in [4.69, 9.17) is 11.6 Å². The van der Waals surface area contributed by atoms with Crippen molar-refractivity contribution in [2.24, 2.45) is 5.92 Å². The molecule has 1 aliphatic rings. The number of nitrogens with zero attached hydrogens (tertiary/aromatic N) is 3. The Kier molecular flexibility index (Phi) is 4.71. The third-order valence-corrected chi connectivity index (χ3v) is 4.92. The van der Waals surface area contributed by atoms with Gasteiger partial charge in [0.05, 0.1) is 11.1 Å². The summed E-state index contributed by atoms with van der Waals surface area (Å²) in [5, 5.41) is 7.95. The predicted molar refractivity (Wildman–Crippen MR) is 101 cm³/mol. The van der Waals surface area contributed by atoms with E-state index in [1.807, 2.05) is 36.4 Å². The van der Waals surface area contributed by atoms with E-state index in [1.54, 1.807) is 10.7 Å². The summed E-state index contributed by atoms with van der Waals surface area (Å²) in [7, 11) is 0. The van der Waals surface area contributed by atoms with Crippen molar-refractivity contribution in [1.82, 2.24) is 20.1 Å². The number of benzene rings is 2. The van der Waals surface area contributed by atoms with Gasteiger partial charge in [0.25, 0.3) is 0 Å². The Hall–Kier alpha value is -2.66. The molecule has 3 aromatic rings. The fourth-order valence-corrected chi connectivity index (χ4v) is 3.37. The lowest BCUT2D eigenvalue weighted by Gasteiger charge is -2.19. The summed E-state index contributed by atoms with van der Waals surface area (Å²) in [4.78, 5) is 16.9. The number of rotatable bonds is 6. The van der Waals surface area contributed by atoms with Crippen molar-refractivity contribution in [2.45, 2.75) is 25.4 Å². The minimum atomic E-state index is -0.0791. The molecule has 1 N–H and O–H groups in total. The molecule has 0 radical (unpaired) electrons. The fraction of sp³-hybridized carbons (Fsp3) is 0.250. The molecule has 1 fully saturated rings. The second-order valence-corrected chi connectivity index (χ2v) is 6.92. The summed E-state index contributed by atoms with van der Waals surface area (Å²) in [5.41, 5.74) is 1.91. The molecule has 6 heteroatoms. The van der Waals surface area contributed by atoms with Crippen LogP contribution in [-0.2, 0) is 11.3 Å². The minimum Gasteiger partial charge on any atom is -0.347 e. The van der Waals surface area contributed by atoms with Crippen molar-refractivity contribution < 1.29 is 4.79 Å². The molecule has 26 heavy (non-hydrogen) atoms. The minimum absolute atomic E-state index is 0.0518. The van der Waals surface area contributed by atoms with Crippen LogP contribution in [0.15, 0.2) is 60.9 Å². The third-order valence-electron chi connectivity index (χ3n) is 4.59. The zero-order valence-electron chi connectivity index (χ0n) is 14.2. The maximum absolute atomic E-state index is 12.7. The highest BCUT2D eigenvalue weighted by molar-refractivity contribution is 6.33. The monoisotopic (exact) mass is 366 g/mol. The first kappa shape index (κ1) is 16.8. The van der Waals surface area contributed by atoms with Gasteiger partial charge in [0.2, 0.25) is 5.91 Å². The second-order valence-electron chi connectivity index (χ2n) is 6.51. The maximum atomic E-state index is 12.7. The zero-order valence-corrected chi connectivity index (χ0v) is 14.9. The Morgan fingerprint density at radius 3 is 2.62 bits per heavy atom. The summed E-state index contributed by atoms with van der Waals surface area (Å²) in [5.74, 6) is 1.03. The second kappa shape index (κ2) is 7.30. The summed E-state index contributed by atoms with van der Waals surface area (Å²) >= 11 is 6.26. The smallest absolute Gasteiger partial charge is 0.242 e. The van der Waals surface area contributed by atoms with Crippen molar-refractivity contribution in [3.8, 4) is 11.4 Å². The van der Waals surface area contributed by atoms with E-state index in [9.17, 15) is 4.79 Å². The maximum Gasteiger partial charge on any atom is 0.242 e. The molecule has 0 unspecified atom stereocenters. The highest BCUT2D eigenvalue weighted by atomic mass is 35.5. The van der Waals surface area contributed by atoms with Crippen molar-refractivity contribution in [3.63, 3.8) is 0 Å². The molecule has 1 atom stereocenters. The van der Waals surface area contributed by atoms with Crippen LogP contribution in [0, 0.1) is 5.92 Å². The normalized spacial score (nSPS) is 14.8. The Labute approximate surface area is 157 Å². The van der Waals surface area contributed by atoms with Crippen molar-refractivity contribution >= 4 is 17.5 Å². The van der Waals surface area contributed by atoms with Gasteiger partial charge in [0.1, 0.15) is 12.9 Å². The topological polar surface area (TPSA) is 59.8 Å². The molecule has 1 aliphatic carbocycles. The largest absolute Gasteiger partial charge is 0.347 e. The molecule has 1 saturated carbocycles. The average Bonchev–Trinajstić information content (AvgIpc) is 3.40. The van der Waals surface area contributed by atoms with Gasteiger partial charge in [-0.1, -0.05) is 54.1 Å². The molecule has 0 saturated heterocycles. The predicted octanol–water partition coefficient (Wildman–Crippen LogP) is 3.87. The van der Waals surface area contributed by atoms with Crippen LogP contribution in [-0.4, -0.2) is 20.7 Å². The SMILES string of the molecule is O=C(Cn1ncnc1-c1ccccc1Cl)N[C@@H](c1ccccc1)C1CC1. The van der Waals surface area contributed by atoms with Gasteiger partial charge in [-0.3, -0.25) is 4.79 Å². The molecule has 0 spiro atoms. The molecule has 4 rings (SSSR count). The first-order chi connectivity index (χ1) is 12.7. The van der Waals surface area contributed by atoms with Gasteiger partial charge in [0.15, 0.2) is 5.82 Å². The molecule has 1 aromatic heterocycles. The molecule has 132 valence electrons. The first-order valence-electron chi connectivity index (χ1n) is 8.69. The van der Waals surface area contributed by atoms with Crippen molar-refractivity contribution in [3.05, 3.63) is 71.5 Å². The van der Waals surface area contributed by atoms with Gasteiger partial charge in [-0.05, 0) is 36.5 Å². The van der Waals surface area contributed by atoms with Crippen LogP contribution in [0.3, 0.4) is 0 Å². The van der Waals surface area contributed by atoms with Gasteiger partial charge in [0, 0.05) is 5.56 Å². The van der Waals surface area contributed by atoms with Gasteiger partial charge >= 0.3 is 0 Å². The van der Waals surface area contributed by atoms with E-state index in [1.165, 1.54) is 6.33 Å². The molecule has 5 nitrogen and oxygen atoms in total. The highest BCUT2D eigenvalue weighted by Crippen LogP contribution is 2.40. The first-order valence-corrected chi connectivity index (χ1v) is 9.07. The van der Waals surface area contributed by atoms with Gasteiger partial charge in [-0.15, -0.1) is 0 Å². The van der Waals surface area contributed by atoms with Crippen molar-refractivity contribution in [1.29, 1.82) is 0 Å². The van der Waals surface area contributed by atoms with Crippen LogP contribution in [0.2, 0.25) is 5.02 Å². The number of hydrogen-bond donors (Lipinski definition) is 1. The van der Waals surface area contributed by atoms with Crippen LogP contribution < -0.4 is 5.32 Å². The highest BCUT2D eigenvalue weighted by Gasteiger charge is 2.33. The number of carbonyl (C=O) groups excluding carboxylic acids is 1. The number of hydrogen-bond acceptors (Lipinski definition) is 3. The molecule has 0 bridgehead atoms. The Bertz CT molecular complexity index is 905. The molecule has 1 heterocycles. The standard InChI is InChI=1S/C20H19ClN4O/c21-17-9-5-4-8-16(17)20-22-13-23-25(20)12-18(26)24-19(15-10-11-15)14-6-2-1-3-7-14/h1-9,13,15,19H,10-12H2,(H,24,26)/t19-/m0/s1. The van der Waals surface area contributed by atoms with Gasteiger partial charge in [-0.25, -0.2) is 9.67 Å². The molecular formula is C20H19ClN4O. The summed E-state index contributed by atoms with van der Waals surface area (Å²) in [6.07, 6.45) is 3.74.